The number of nitro benzene ring substituents is 1. The quantitative estimate of drug-likeness (QED) is 0.656. The molecule has 1 N–H and O–H groups in total. The first-order valence-electron chi connectivity index (χ1n) is 6.26. The molecule has 2 rings (SSSR count). The molecule has 7 heteroatoms. The van der Waals surface area contributed by atoms with Gasteiger partial charge in [0.1, 0.15) is 5.69 Å². The Kier molecular flexibility index (Phi) is 4.22. The number of thiophene rings is 1. The molecule has 21 heavy (non-hydrogen) atoms. The van der Waals surface area contributed by atoms with E-state index >= 15 is 0 Å². The van der Waals surface area contributed by atoms with Crippen LogP contribution in [0.2, 0.25) is 0 Å². The van der Waals surface area contributed by atoms with Crippen molar-refractivity contribution in [3.63, 3.8) is 0 Å². The first-order chi connectivity index (χ1) is 9.79. The van der Waals surface area contributed by atoms with Crippen molar-refractivity contribution >= 4 is 22.7 Å². The number of aryl methyl sites for hydroxylation is 2. The summed E-state index contributed by atoms with van der Waals surface area (Å²) in [5.74, 6) is -1.95. The largest absolute Gasteiger partial charge is 0.374 e. The van der Waals surface area contributed by atoms with Crippen LogP contribution in [0.25, 0.3) is 0 Å². The van der Waals surface area contributed by atoms with E-state index in [2.05, 4.69) is 5.32 Å². The first-order valence-corrected chi connectivity index (χ1v) is 7.08. The second-order valence-electron chi connectivity index (χ2n) is 4.78. The van der Waals surface area contributed by atoms with E-state index in [0.717, 1.165) is 15.3 Å². The SMILES string of the molecule is Cc1cc(C(C)Nc2c(F)cc([N+](=O)[O-])cc2F)c(C)s1. The van der Waals surface area contributed by atoms with E-state index in [1.807, 2.05) is 19.9 Å². The van der Waals surface area contributed by atoms with E-state index in [0.29, 0.717) is 12.1 Å². The number of halogens is 2. The minimum Gasteiger partial charge on any atom is -0.374 e. The lowest BCUT2D eigenvalue weighted by Gasteiger charge is -2.16. The molecule has 0 fully saturated rings. The summed E-state index contributed by atoms with van der Waals surface area (Å²) in [7, 11) is 0. The van der Waals surface area contributed by atoms with Gasteiger partial charge in [0.2, 0.25) is 0 Å². The fourth-order valence-electron chi connectivity index (χ4n) is 2.18. The third kappa shape index (κ3) is 3.18. The summed E-state index contributed by atoms with van der Waals surface area (Å²) in [6, 6.07) is 3.08. The van der Waals surface area contributed by atoms with Crippen molar-refractivity contribution in [1.82, 2.24) is 0 Å². The lowest BCUT2D eigenvalue weighted by molar-refractivity contribution is -0.385. The summed E-state index contributed by atoms with van der Waals surface area (Å²) in [6.07, 6.45) is 0. The Labute approximate surface area is 124 Å². The smallest absolute Gasteiger partial charge is 0.275 e. The van der Waals surface area contributed by atoms with Crippen LogP contribution in [0.3, 0.4) is 0 Å². The Morgan fingerprint density at radius 1 is 1.24 bits per heavy atom. The highest BCUT2D eigenvalue weighted by atomic mass is 32.1. The Bertz CT molecular complexity index is 677. The van der Waals surface area contributed by atoms with Gasteiger partial charge in [-0.1, -0.05) is 0 Å². The van der Waals surface area contributed by atoms with Gasteiger partial charge in [-0.2, -0.15) is 0 Å². The highest BCUT2D eigenvalue weighted by Gasteiger charge is 2.20. The average molecular weight is 312 g/mol. The zero-order valence-corrected chi connectivity index (χ0v) is 12.6. The molecule has 0 amide bonds. The molecule has 0 bridgehead atoms. The van der Waals surface area contributed by atoms with Crippen LogP contribution in [0.5, 0.6) is 0 Å². The maximum Gasteiger partial charge on any atom is 0.275 e. The highest BCUT2D eigenvalue weighted by Crippen LogP contribution is 2.31. The van der Waals surface area contributed by atoms with Gasteiger partial charge in [-0.25, -0.2) is 8.78 Å². The van der Waals surface area contributed by atoms with Crippen LogP contribution in [0.15, 0.2) is 18.2 Å². The fraction of sp³-hybridized carbons (Fsp3) is 0.286. The minimum absolute atomic E-state index is 0.305. The van der Waals surface area contributed by atoms with Gasteiger partial charge < -0.3 is 5.32 Å². The maximum atomic E-state index is 13.8. The van der Waals surface area contributed by atoms with Crippen molar-refractivity contribution < 1.29 is 13.7 Å². The fourth-order valence-corrected chi connectivity index (χ4v) is 3.20. The topological polar surface area (TPSA) is 55.2 Å². The van der Waals surface area contributed by atoms with Crippen molar-refractivity contribution in [2.75, 3.05) is 5.32 Å². The molecule has 0 aliphatic heterocycles. The van der Waals surface area contributed by atoms with Crippen LogP contribution >= 0.6 is 11.3 Å². The van der Waals surface area contributed by atoms with Gasteiger partial charge in [0, 0.05) is 15.8 Å². The lowest BCUT2D eigenvalue weighted by Crippen LogP contribution is -2.10. The molecule has 0 aliphatic rings. The molecule has 0 spiro atoms. The molecule has 1 aromatic heterocycles. The molecule has 0 aliphatic carbocycles. The van der Waals surface area contributed by atoms with Crippen molar-refractivity contribution in [1.29, 1.82) is 0 Å². The zero-order chi connectivity index (χ0) is 15.7. The number of nitro groups is 1. The Hall–Kier alpha value is -2.02. The molecule has 0 radical (unpaired) electrons. The third-order valence-corrected chi connectivity index (χ3v) is 4.13. The van der Waals surface area contributed by atoms with E-state index in [-0.39, 0.29) is 11.7 Å². The minimum atomic E-state index is -0.974. The number of rotatable bonds is 4. The predicted molar refractivity (Wildman–Crippen MR) is 78.8 cm³/mol. The third-order valence-electron chi connectivity index (χ3n) is 3.14. The average Bonchev–Trinajstić information content (AvgIpc) is 2.72. The summed E-state index contributed by atoms with van der Waals surface area (Å²) in [5.41, 5.74) is -0.00299. The van der Waals surface area contributed by atoms with Crippen LogP contribution in [0.4, 0.5) is 20.2 Å². The number of nitrogens with one attached hydrogen (secondary N) is 1. The summed E-state index contributed by atoms with van der Waals surface area (Å²) < 4.78 is 27.7. The molecule has 1 unspecified atom stereocenters. The molecule has 0 saturated heterocycles. The second kappa shape index (κ2) is 5.77. The molecule has 1 heterocycles. The Balaban J connectivity index is 2.31. The van der Waals surface area contributed by atoms with E-state index in [9.17, 15) is 18.9 Å². The molecular weight excluding hydrogens is 298 g/mol. The zero-order valence-electron chi connectivity index (χ0n) is 11.7. The molecule has 112 valence electrons. The maximum absolute atomic E-state index is 13.8. The van der Waals surface area contributed by atoms with E-state index < -0.39 is 22.2 Å². The van der Waals surface area contributed by atoms with Crippen molar-refractivity contribution in [2.24, 2.45) is 0 Å². The van der Waals surface area contributed by atoms with E-state index in [4.69, 9.17) is 0 Å². The summed E-state index contributed by atoms with van der Waals surface area (Å²) in [6.45, 7) is 5.68. The van der Waals surface area contributed by atoms with E-state index in [1.165, 1.54) is 0 Å². The highest BCUT2D eigenvalue weighted by molar-refractivity contribution is 7.12. The Morgan fingerprint density at radius 2 is 1.81 bits per heavy atom. The number of nitrogens with zero attached hydrogens (tertiary/aromatic N) is 1. The molecule has 0 saturated carbocycles. The number of non-ortho nitro benzene ring substituents is 1. The monoisotopic (exact) mass is 312 g/mol. The van der Waals surface area contributed by atoms with Gasteiger partial charge in [0.05, 0.1) is 17.1 Å². The van der Waals surface area contributed by atoms with E-state index in [1.54, 1.807) is 18.3 Å². The summed E-state index contributed by atoms with van der Waals surface area (Å²) >= 11 is 1.61. The van der Waals surface area contributed by atoms with Crippen molar-refractivity contribution in [3.05, 3.63) is 55.3 Å². The normalized spacial score (nSPS) is 12.2. The number of benzene rings is 1. The van der Waals surface area contributed by atoms with Crippen LogP contribution < -0.4 is 5.32 Å². The van der Waals surface area contributed by atoms with Gasteiger partial charge in [-0.3, -0.25) is 10.1 Å². The summed E-state index contributed by atoms with van der Waals surface area (Å²) in [5, 5.41) is 13.3. The molecule has 2 aromatic rings. The van der Waals surface area contributed by atoms with Crippen LogP contribution in [-0.2, 0) is 0 Å². The van der Waals surface area contributed by atoms with Crippen LogP contribution in [-0.4, -0.2) is 4.92 Å². The predicted octanol–water partition coefficient (Wildman–Crippen LogP) is 4.72. The second-order valence-corrected chi connectivity index (χ2v) is 6.24. The number of hydrogen-bond donors (Lipinski definition) is 1. The Morgan fingerprint density at radius 3 is 2.24 bits per heavy atom. The summed E-state index contributed by atoms with van der Waals surface area (Å²) in [4.78, 5) is 11.9. The van der Waals surface area contributed by atoms with Gasteiger partial charge in [-0.15, -0.1) is 11.3 Å². The number of anilines is 1. The van der Waals surface area contributed by atoms with Gasteiger partial charge in [0.25, 0.3) is 5.69 Å². The van der Waals surface area contributed by atoms with Gasteiger partial charge in [0.15, 0.2) is 11.6 Å². The van der Waals surface area contributed by atoms with Gasteiger partial charge >= 0.3 is 0 Å². The molecule has 4 nitrogen and oxygen atoms in total. The van der Waals surface area contributed by atoms with Crippen molar-refractivity contribution in [3.8, 4) is 0 Å². The first kappa shape index (κ1) is 15.4. The van der Waals surface area contributed by atoms with Crippen LogP contribution in [0.1, 0.15) is 28.3 Å². The molecule has 1 atom stereocenters. The van der Waals surface area contributed by atoms with Crippen LogP contribution in [0, 0.1) is 35.6 Å². The lowest BCUT2D eigenvalue weighted by atomic mass is 10.1. The van der Waals surface area contributed by atoms with Crippen molar-refractivity contribution in [2.45, 2.75) is 26.8 Å². The van der Waals surface area contributed by atoms with Gasteiger partial charge in [-0.05, 0) is 32.4 Å². The number of hydrogen-bond acceptors (Lipinski definition) is 4. The standard InChI is InChI=1S/C14H14F2N2O2S/c1-7-4-11(9(3)21-7)8(2)17-14-12(15)5-10(18(19)20)6-13(14)16/h4-6,8,17H,1-3H3. The molecular formula is C14H14F2N2O2S. The molecule has 1 aromatic carbocycles.